The lowest BCUT2D eigenvalue weighted by atomic mass is 10.0. The molecule has 1 atom stereocenters. The van der Waals surface area contributed by atoms with Crippen molar-refractivity contribution in [2.75, 3.05) is 0 Å². The molecule has 1 heterocycles. The van der Waals surface area contributed by atoms with Crippen LogP contribution in [0, 0.1) is 6.92 Å². The van der Waals surface area contributed by atoms with Crippen molar-refractivity contribution in [1.82, 2.24) is 9.78 Å². The minimum Gasteiger partial charge on any atom is -0.393 e. The molecule has 0 saturated heterocycles. The van der Waals surface area contributed by atoms with E-state index in [-0.39, 0.29) is 6.10 Å². The van der Waals surface area contributed by atoms with Crippen molar-refractivity contribution in [2.24, 2.45) is 7.05 Å². The van der Waals surface area contributed by atoms with Crippen LogP contribution in [-0.2, 0) is 19.9 Å². The lowest BCUT2D eigenvalue weighted by Crippen LogP contribution is -2.14. The molecule has 20 heavy (non-hydrogen) atoms. The van der Waals surface area contributed by atoms with E-state index in [0.717, 1.165) is 35.1 Å². The maximum absolute atomic E-state index is 10.2. The number of aliphatic hydroxyl groups is 1. The van der Waals surface area contributed by atoms with Gasteiger partial charge in [0.2, 0.25) is 0 Å². The lowest BCUT2D eigenvalue weighted by Gasteiger charge is -2.11. The minimum atomic E-state index is -0.315. The van der Waals surface area contributed by atoms with E-state index in [4.69, 9.17) is 0 Å². The Kier molecular flexibility index (Phi) is 5.38. The summed E-state index contributed by atoms with van der Waals surface area (Å²) in [5.74, 6) is 0. The molecule has 2 aromatic rings. The highest BCUT2D eigenvalue weighted by Crippen LogP contribution is 2.22. The van der Waals surface area contributed by atoms with Crippen LogP contribution < -0.4 is 0 Å². The zero-order valence-corrected chi connectivity index (χ0v) is 13.6. The molecule has 4 heteroatoms. The lowest BCUT2D eigenvalue weighted by molar-refractivity contribution is 0.159. The molecule has 0 bridgehead atoms. The first-order valence-corrected chi connectivity index (χ1v) is 7.77. The summed E-state index contributed by atoms with van der Waals surface area (Å²) in [6, 6.07) is 10.4. The van der Waals surface area contributed by atoms with E-state index in [1.165, 1.54) is 5.56 Å². The molecule has 0 fully saturated rings. The third-order valence-corrected chi connectivity index (χ3v) is 4.57. The maximum atomic E-state index is 10.2. The minimum absolute atomic E-state index is 0.315. The van der Waals surface area contributed by atoms with Gasteiger partial charge in [-0.2, -0.15) is 5.10 Å². The van der Waals surface area contributed by atoms with E-state index in [0.29, 0.717) is 6.42 Å². The van der Waals surface area contributed by atoms with Crippen LogP contribution >= 0.6 is 15.9 Å². The Bertz CT molecular complexity index is 551. The average Bonchev–Trinajstić information content (AvgIpc) is 2.67. The van der Waals surface area contributed by atoms with Gasteiger partial charge < -0.3 is 5.11 Å². The number of aliphatic hydroxyl groups excluding tert-OH is 1. The Labute approximate surface area is 128 Å². The van der Waals surface area contributed by atoms with Crippen LogP contribution in [0.4, 0.5) is 0 Å². The molecular weight excluding hydrogens is 316 g/mol. The van der Waals surface area contributed by atoms with Gasteiger partial charge in [0.25, 0.3) is 0 Å². The highest BCUT2D eigenvalue weighted by Gasteiger charge is 2.14. The maximum Gasteiger partial charge on any atom is 0.0738 e. The summed E-state index contributed by atoms with van der Waals surface area (Å²) in [4.78, 5) is 0. The van der Waals surface area contributed by atoms with E-state index in [1.807, 2.05) is 24.7 Å². The smallest absolute Gasteiger partial charge is 0.0738 e. The Morgan fingerprint density at radius 1 is 1.30 bits per heavy atom. The number of benzene rings is 1. The summed E-state index contributed by atoms with van der Waals surface area (Å²) < 4.78 is 2.86. The number of aromatic nitrogens is 2. The molecule has 2 rings (SSSR count). The Hall–Kier alpha value is -1.13. The predicted molar refractivity (Wildman–Crippen MR) is 84.7 cm³/mol. The first-order chi connectivity index (χ1) is 9.58. The zero-order valence-electron chi connectivity index (χ0n) is 12.0. The van der Waals surface area contributed by atoms with E-state index in [2.05, 4.69) is 45.3 Å². The van der Waals surface area contributed by atoms with E-state index in [9.17, 15) is 5.11 Å². The Morgan fingerprint density at radius 3 is 2.60 bits per heavy atom. The van der Waals surface area contributed by atoms with Gasteiger partial charge in [-0.05, 0) is 47.7 Å². The van der Waals surface area contributed by atoms with Crippen LogP contribution in [0.5, 0.6) is 0 Å². The second-order valence-corrected chi connectivity index (χ2v) is 6.00. The molecular formula is C16H21BrN2O. The van der Waals surface area contributed by atoms with Gasteiger partial charge in [-0.15, -0.1) is 0 Å². The normalized spacial score (nSPS) is 12.6. The van der Waals surface area contributed by atoms with Gasteiger partial charge in [0, 0.05) is 13.5 Å². The van der Waals surface area contributed by atoms with Crippen molar-refractivity contribution in [3.8, 4) is 0 Å². The summed E-state index contributed by atoms with van der Waals surface area (Å²) in [5, 5.41) is 14.5. The number of aryl methyl sites for hydroxylation is 3. The van der Waals surface area contributed by atoms with Crippen LogP contribution in [0.3, 0.4) is 0 Å². The molecule has 0 spiro atoms. The molecule has 0 aliphatic rings. The third-order valence-electron chi connectivity index (χ3n) is 3.54. The Balaban J connectivity index is 1.82. The highest BCUT2D eigenvalue weighted by molar-refractivity contribution is 9.10. The summed E-state index contributed by atoms with van der Waals surface area (Å²) in [5.41, 5.74) is 3.37. The van der Waals surface area contributed by atoms with Gasteiger partial charge in [-0.25, -0.2) is 0 Å². The molecule has 1 unspecified atom stereocenters. The van der Waals surface area contributed by atoms with Crippen molar-refractivity contribution < 1.29 is 5.11 Å². The zero-order chi connectivity index (χ0) is 14.5. The first kappa shape index (κ1) is 15.3. The SMILES string of the molecule is Cc1nn(C)c(CC(O)CCCc2ccccc2)c1Br. The third kappa shape index (κ3) is 3.93. The monoisotopic (exact) mass is 336 g/mol. The molecule has 1 aromatic carbocycles. The fraction of sp³-hybridized carbons (Fsp3) is 0.438. The average molecular weight is 337 g/mol. The summed E-state index contributed by atoms with van der Waals surface area (Å²) in [7, 11) is 1.92. The van der Waals surface area contributed by atoms with Crippen molar-refractivity contribution in [1.29, 1.82) is 0 Å². The van der Waals surface area contributed by atoms with Crippen molar-refractivity contribution in [2.45, 2.75) is 38.7 Å². The molecule has 0 saturated carbocycles. The van der Waals surface area contributed by atoms with Gasteiger partial charge >= 0.3 is 0 Å². The summed E-state index contributed by atoms with van der Waals surface area (Å²) in [6.07, 6.45) is 3.16. The summed E-state index contributed by atoms with van der Waals surface area (Å²) >= 11 is 3.54. The van der Waals surface area contributed by atoms with Crippen LogP contribution in [0.1, 0.15) is 29.8 Å². The molecule has 0 amide bonds. The number of nitrogens with zero attached hydrogens (tertiary/aromatic N) is 2. The molecule has 0 aliphatic heterocycles. The molecule has 1 N–H and O–H groups in total. The Morgan fingerprint density at radius 2 is 2.00 bits per heavy atom. The molecule has 3 nitrogen and oxygen atoms in total. The van der Waals surface area contributed by atoms with Gasteiger partial charge in [0.1, 0.15) is 0 Å². The van der Waals surface area contributed by atoms with Crippen molar-refractivity contribution in [3.63, 3.8) is 0 Å². The van der Waals surface area contributed by atoms with Crippen LogP contribution in [0.2, 0.25) is 0 Å². The molecule has 1 aromatic heterocycles. The first-order valence-electron chi connectivity index (χ1n) is 6.98. The van der Waals surface area contributed by atoms with Crippen LogP contribution in [-0.4, -0.2) is 21.0 Å². The number of rotatable bonds is 6. The second kappa shape index (κ2) is 7.04. The quantitative estimate of drug-likeness (QED) is 0.877. The van der Waals surface area contributed by atoms with Gasteiger partial charge in [0.05, 0.1) is 22.0 Å². The number of hydrogen-bond acceptors (Lipinski definition) is 2. The van der Waals surface area contributed by atoms with Gasteiger partial charge in [0.15, 0.2) is 0 Å². The number of hydrogen-bond donors (Lipinski definition) is 1. The van der Waals surface area contributed by atoms with Crippen LogP contribution in [0.25, 0.3) is 0 Å². The largest absolute Gasteiger partial charge is 0.393 e. The van der Waals surface area contributed by atoms with Crippen molar-refractivity contribution >= 4 is 15.9 Å². The molecule has 0 radical (unpaired) electrons. The fourth-order valence-electron chi connectivity index (χ4n) is 2.41. The molecule has 108 valence electrons. The number of halogens is 1. The highest BCUT2D eigenvalue weighted by atomic mass is 79.9. The topological polar surface area (TPSA) is 38.0 Å². The van der Waals surface area contributed by atoms with E-state index >= 15 is 0 Å². The van der Waals surface area contributed by atoms with Crippen molar-refractivity contribution in [3.05, 3.63) is 51.8 Å². The van der Waals surface area contributed by atoms with E-state index < -0.39 is 0 Å². The summed E-state index contributed by atoms with van der Waals surface area (Å²) in [6.45, 7) is 1.97. The van der Waals surface area contributed by atoms with E-state index in [1.54, 1.807) is 0 Å². The standard InChI is InChI=1S/C16H21BrN2O/c1-12-16(17)15(19(2)18-12)11-14(20)10-6-9-13-7-4-3-5-8-13/h3-5,7-8,14,20H,6,9-11H2,1-2H3. The molecule has 0 aliphatic carbocycles. The predicted octanol–water partition coefficient (Wildman–Crippen LogP) is 3.42. The van der Waals surface area contributed by atoms with Gasteiger partial charge in [-0.1, -0.05) is 30.3 Å². The van der Waals surface area contributed by atoms with Gasteiger partial charge in [-0.3, -0.25) is 4.68 Å². The fourth-order valence-corrected chi connectivity index (χ4v) is 2.91. The van der Waals surface area contributed by atoms with Crippen LogP contribution in [0.15, 0.2) is 34.8 Å². The second-order valence-electron chi connectivity index (χ2n) is 5.21.